The molecule has 3 rings (SSSR count). The molecule has 1 aliphatic heterocycles. The second-order valence-electron chi connectivity index (χ2n) is 5.04. The fraction of sp³-hybridized carbons (Fsp3) is 0.294. The molecule has 4 heteroatoms. The summed E-state index contributed by atoms with van der Waals surface area (Å²) in [5, 5.41) is 13.5. The molecule has 1 heterocycles. The second-order valence-corrected chi connectivity index (χ2v) is 5.04. The maximum absolute atomic E-state index is 10.2. The van der Waals surface area contributed by atoms with Gasteiger partial charge < -0.3 is 19.9 Å². The highest BCUT2D eigenvalue weighted by Gasteiger charge is 2.15. The Bertz CT molecular complexity index is 586. The predicted molar refractivity (Wildman–Crippen MR) is 80.5 cm³/mol. The lowest BCUT2D eigenvalue weighted by atomic mass is 10.1. The van der Waals surface area contributed by atoms with Gasteiger partial charge in [0.15, 0.2) is 11.5 Å². The molecule has 0 saturated carbocycles. The SMILES string of the molecule is OC(CNCc1ccccc1)c1ccc2c(c1)OCCO2. The molecule has 0 aromatic heterocycles. The van der Waals surface area contributed by atoms with Gasteiger partial charge in [0.1, 0.15) is 13.2 Å². The van der Waals surface area contributed by atoms with Crippen LogP contribution in [0.2, 0.25) is 0 Å². The molecule has 1 aliphatic rings. The third-order valence-corrected chi connectivity index (χ3v) is 3.46. The Morgan fingerprint density at radius 2 is 1.76 bits per heavy atom. The quantitative estimate of drug-likeness (QED) is 0.885. The number of hydrogen-bond acceptors (Lipinski definition) is 4. The molecule has 0 amide bonds. The van der Waals surface area contributed by atoms with Crippen LogP contribution >= 0.6 is 0 Å². The Balaban J connectivity index is 1.56. The summed E-state index contributed by atoms with van der Waals surface area (Å²) in [5.74, 6) is 1.45. The van der Waals surface area contributed by atoms with Gasteiger partial charge in [-0.05, 0) is 23.3 Å². The van der Waals surface area contributed by atoms with Crippen molar-refractivity contribution in [1.29, 1.82) is 0 Å². The molecule has 0 radical (unpaired) electrons. The van der Waals surface area contributed by atoms with Crippen molar-refractivity contribution in [2.24, 2.45) is 0 Å². The number of hydrogen-bond donors (Lipinski definition) is 2. The summed E-state index contributed by atoms with van der Waals surface area (Å²) in [6, 6.07) is 15.7. The lowest BCUT2D eigenvalue weighted by molar-refractivity contribution is 0.163. The Labute approximate surface area is 124 Å². The van der Waals surface area contributed by atoms with E-state index in [4.69, 9.17) is 9.47 Å². The highest BCUT2D eigenvalue weighted by molar-refractivity contribution is 5.44. The maximum atomic E-state index is 10.2. The first kappa shape index (κ1) is 13.9. The molecule has 0 spiro atoms. The van der Waals surface area contributed by atoms with E-state index >= 15 is 0 Å². The van der Waals surface area contributed by atoms with Crippen LogP contribution in [0.15, 0.2) is 48.5 Å². The number of nitrogens with one attached hydrogen (secondary N) is 1. The predicted octanol–water partition coefficient (Wildman–Crippen LogP) is 2.28. The zero-order chi connectivity index (χ0) is 14.5. The van der Waals surface area contributed by atoms with Crippen LogP contribution in [-0.2, 0) is 6.54 Å². The largest absolute Gasteiger partial charge is 0.486 e. The molecular formula is C17H19NO3. The molecule has 2 N–H and O–H groups in total. The minimum absolute atomic E-state index is 0.495. The van der Waals surface area contributed by atoms with Crippen LogP contribution in [0.3, 0.4) is 0 Å². The zero-order valence-corrected chi connectivity index (χ0v) is 11.8. The van der Waals surface area contributed by atoms with E-state index < -0.39 is 6.10 Å². The molecular weight excluding hydrogens is 266 g/mol. The van der Waals surface area contributed by atoms with Crippen molar-refractivity contribution in [1.82, 2.24) is 5.32 Å². The molecule has 0 fully saturated rings. The molecule has 1 unspecified atom stereocenters. The van der Waals surface area contributed by atoms with Gasteiger partial charge >= 0.3 is 0 Å². The van der Waals surface area contributed by atoms with Crippen LogP contribution in [0.5, 0.6) is 11.5 Å². The topological polar surface area (TPSA) is 50.7 Å². The van der Waals surface area contributed by atoms with Gasteiger partial charge in [-0.15, -0.1) is 0 Å². The van der Waals surface area contributed by atoms with E-state index in [0.717, 1.165) is 17.9 Å². The molecule has 0 aliphatic carbocycles. The van der Waals surface area contributed by atoms with E-state index in [1.807, 2.05) is 36.4 Å². The Morgan fingerprint density at radius 1 is 1.00 bits per heavy atom. The fourth-order valence-corrected chi connectivity index (χ4v) is 2.33. The maximum Gasteiger partial charge on any atom is 0.161 e. The Kier molecular flexibility index (Phi) is 4.38. The van der Waals surface area contributed by atoms with Gasteiger partial charge in [-0.1, -0.05) is 36.4 Å². The van der Waals surface area contributed by atoms with E-state index in [-0.39, 0.29) is 0 Å². The van der Waals surface area contributed by atoms with Gasteiger partial charge in [-0.3, -0.25) is 0 Å². The average molecular weight is 285 g/mol. The van der Waals surface area contributed by atoms with Crippen LogP contribution < -0.4 is 14.8 Å². The van der Waals surface area contributed by atoms with Gasteiger partial charge in [0.05, 0.1) is 6.10 Å². The summed E-state index contributed by atoms with van der Waals surface area (Å²) in [5.41, 5.74) is 2.03. The third-order valence-electron chi connectivity index (χ3n) is 3.46. The second kappa shape index (κ2) is 6.61. The van der Waals surface area contributed by atoms with Crippen molar-refractivity contribution < 1.29 is 14.6 Å². The normalized spacial score (nSPS) is 14.7. The van der Waals surface area contributed by atoms with Crippen molar-refractivity contribution in [2.75, 3.05) is 19.8 Å². The fourth-order valence-electron chi connectivity index (χ4n) is 2.33. The number of benzene rings is 2. The number of aliphatic hydroxyl groups is 1. The molecule has 2 aromatic carbocycles. The first-order valence-corrected chi connectivity index (χ1v) is 7.15. The minimum Gasteiger partial charge on any atom is -0.486 e. The summed E-state index contributed by atoms with van der Waals surface area (Å²) in [6.07, 6.45) is -0.565. The van der Waals surface area contributed by atoms with Crippen molar-refractivity contribution in [3.05, 3.63) is 59.7 Å². The van der Waals surface area contributed by atoms with Crippen molar-refractivity contribution in [2.45, 2.75) is 12.6 Å². The van der Waals surface area contributed by atoms with Gasteiger partial charge in [0, 0.05) is 13.1 Å². The zero-order valence-electron chi connectivity index (χ0n) is 11.8. The van der Waals surface area contributed by atoms with Gasteiger partial charge in [-0.25, -0.2) is 0 Å². The highest BCUT2D eigenvalue weighted by atomic mass is 16.6. The molecule has 2 aromatic rings. The number of fused-ring (bicyclic) bond motifs is 1. The Morgan fingerprint density at radius 3 is 2.57 bits per heavy atom. The van der Waals surface area contributed by atoms with Crippen molar-refractivity contribution in [3.63, 3.8) is 0 Å². The van der Waals surface area contributed by atoms with Crippen LogP contribution in [0.1, 0.15) is 17.2 Å². The van der Waals surface area contributed by atoms with E-state index in [9.17, 15) is 5.11 Å². The van der Waals surface area contributed by atoms with Crippen LogP contribution in [-0.4, -0.2) is 24.9 Å². The molecule has 0 saturated heterocycles. The molecule has 110 valence electrons. The summed E-state index contributed by atoms with van der Waals surface area (Å²) >= 11 is 0. The lowest BCUT2D eigenvalue weighted by Gasteiger charge is -2.20. The standard InChI is InChI=1S/C17H19NO3/c19-15(12-18-11-13-4-2-1-3-5-13)14-6-7-16-17(10-14)21-9-8-20-16/h1-7,10,15,18-19H,8-9,11-12H2. The first-order chi connectivity index (χ1) is 10.3. The highest BCUT2D eigenvalue weighted by Crippen LogP contribution is 2.32. The van der Waals surface area contributed by atoms with Crippen molar-refractivity contribution in [3.8, 4) is 11.5 Å². The summed E-state index contributed by atoms with van der Waals surface area (Å²) in [6.45, 7) is 2.36. The molecule has 0 bridgehead atoms. The Hall–Kier alpha value is -2.04. The summed E-state index contributed by atoms with van der Waals surface area (Å²) in [4.78, 5) is 0. The lowest BCUT2D eigenvalue weighted by Crippen LogP contribution is -2.21. The molecule has 4 nitrogen and oxygen atoms in total. The monoisotopic (exact) mass is 285 g/mol. The van der Waals surface area contributed by atoms with E-state index in [1.165, 1.54) is 5.56 Å². The van der Waals surface area contributed by atoms with Crippen LogP contribution in [0, 0.1) is 0 Å². The third kappa shape index (κ3) is 3.54. The number of rotatable bonds is 5. The van der Waals surface area contributed by atoms with Gasteiger partial charge in [-0.2, -0.15) is 0 Å². The van der Waals surface area contributed by atoms with Crippen molar-refractivity contribution >= 4 is 0 Å². The summed E-state index contributed by atoms with van der Waals surface area (Å²) < 4.78 is 11.0. The molecule has 1 atom stereocenters. The van der Waals surface area contributed by atoms with Gasteiger partial charge in [0.2, 0.25) is 0 Å². The van der Waals surface area contributed by atoms with Crippen LogP contribution in [0.25, 0.3) is 0 Å². The van der Waals surface area contributed by atoms with E-state index in [2.05, 4.69) is 17.4 Å². The van der Waals surface area contributed by atoms with Crippen LogP contribution in [0.4, 0.5) is 0 Å². The number of aliphatic hydroxyl groups excluding tert-OH is 1. The number of ether oxygens (including phenoxy) is 2. The first-order valence-electron chi connectivity index (χ1n) is 7.15. The van der Waals surface area contributed by atoms with E-state index in [1.54, 1.807) is 0 Å². The summed E-state index contributed by atoms with van der Waals surface area (Å²) in [7, 11) is 0. The smallest absolute Gasteiger partial charge is 0.161 e. The molecule has 21 heavy (non-hydrogen) atoms. The average Bonchev–Trinajstić information content (AvgIpc) is 2.55. The van der Waals surface area contributed by atoms with Gasteiger partial charge in [0.25, 0.3) is 0 Å². The van der Waals surface area contributed by atoms with E-state index in [0.29, 0.717) is 25.5 Å². The minimum atomic E-state index is -0.565.